The molecule has 1 N–H and O–H groups in total. The molecule has 2 rings (SSSR count). The molecule has 0 fully saturated rings. The average Bonchev–Trinajstić information content (AvgIpc) is 2.92. The zero-order chi connectivity index (χ0) is 13.0. The lowest BCUT2D eigenvalue weighted by Gasteiger charge is -2.14. The van der Waals surface area contributed by atoms with Gasteiger partial charge >= 0.3 is 0 Å². The Hall–Kier alpha value is -2.03. The van der Waals surface area contributed by atoms with Crippen molar-refractivity contribution in [1.82, 2.24) is 5.32 Å². The zero-order valence-electron chi connectivity index (χ0n) is 10.6. The Morgan fingerprint density at radius 2 is 2.00 bits per heavy atom. The maximum atomic E-state index is 11.8. The molecule has 0 saturated heterocycles. The van der Waals surface area contributed by atoms with Gasteiger partial charge in [0.15, 0.2) is 0 Å². The van der Waals surface area contributed by atoms with Gasteiger partial charge < -0.3 is 9.73 Å². The van der Waals surface area contributed by atoms with Crippen molar-refractivity contribution in [3.05, 3.63) is 59.5 Å². The van der Waals surface area contributed by atoms with E-state index in [1.54, 1.807) is 6.07 Å². The first kappa shape index (κ1) is 12.4. The lowest BCUT2D eigenvalue weighted by molar-refractivity contribution is 0.0939. The molecule has 18 heavy (non-hydrogen) atoms. The zero-order valence-corrected chi connectivity index (χ0v) is 10.6. The fourth-order valence-electron chi connectivity index (χ4n) is 1.80. The average molecular weight is 243 g/mol. The van der Waals surface area contributed by atoms with Crippen LogP contribution in [0.4, 0.5) is 0 Å². The smallest absolute Gasteiger partial charge is 0.255 e. The van der Waals surface area contributed by atoms with E-state index in [0.717, 1.165) is 12.0 Å². The summed E-state index contributed by atoms with van der Waals surface area (Å²) in [5, 5.41) is 2.94. The second kappa shape index (κ2) is 5.54. The molecule has 1 atom stereocenters. The number of rotatable bonds is 4. The van der Waals surface area contributed by atoms with E-state index in [9.17, 15) is 4.79 Å². The fraction of sp³-hybridized carbons (Fsp3) is 0.267. The van der Waals surface area contributed by atoms with Crippen LogP contribution in [0.2, 0.25) is 0 Å². The van der Waals surface area contributed by atoms with Crippen molar-refractivity contribution in [2.45, 2.75) is 26.3 Å². The topological polar surface area (TPSA) is 42.2 Å². The van der Waals surface area contributed by atoms with Gasteiger partial charge in [-0.05, 0) is 30.5 Å². The van der Waals surface area contributed by atoms with Crippen molar-refractivity contribution >= 4 is 5.91 Å². The van der Waals surface area contributed by atoms with Crippen LogP contribution in [0.5, 0.6) is 0 Å². The van der Waals surface area contributed by atoms with Crippen LogP contribution in [0.1, 0.15) is 41.4 Å². The molecule has 3 nitrogen and oxygen atoms in total. The van der Waals surface area contributed by atoms with Gasteiger partial charge in [0.1, 0.15) is 6.26 Å². The summed E-state index contributed by atoms with van der Waals surface area (Å²) in [5.74, 6) is -0.115. The van der Waals surface area contributed by atoms with Gasteiger partial charge in [-0.3, -0.25) is 4.79 Å². The second-order valence-corrected chi connectivity index (χ2v) is 4.30. The number of benzene rings is 1. The van der Waals surface area contributed by atoms with Crippen LogP contribution >= 0.6 is 0 Å². The highest BCUT2D eigenvalue weighted by atomic mass is 16.3. The molecule has 0 aliphatic heterocycles. The molecule has 1 aromatic heterocycles. The highest BCUT2D eigenvalue weighted by molar-refractivity contribution is 5.93. The van der Waals surface area contributed by atoms with Gasteiger partial charge in [0.05, 0.1) is 17.9 Å². The van der Waals surface area contributed by atoms with E-state index in [4.69, 9.17) is 4.42 Å². The third kappa shape index (κ3) is 2.80. The van der Waals surface area contributed by atoms with E-state index < -0.39 is 0 Å². The summed E-state index contributed by atoms with van der Waals surface area (Å²) in [4.78, 5) is 11.8. The number of amides is 1. The van der Waals surface area contributed by atoms with E-state index in [-0.39, 0.29) is 11.9 Å². The van der Waals surface area contributed by atoms with E-state index in [1.807, 2.05) is 6.92 Å². The Labute approximate surface area is 107 Å². The number of furan rings is 1. The first-order chi connectivity index (χ1) is 8.70. The molecule has 0 radical (unpaired) electrons. The van der Waals surface area contributed by atoms with E-state index in [1.165, 1.54) is 18.1 Å². The Morgan fingerprint density at radius 1 is 1.28 bits per heavy atom. The number of carbonyl (C=O) groups excluding carboxylic acids is 1. The predicted molar refractivity (Wildman–Crippen MR) is 70.4 cm³/mol. The van der Waals surface area contributed by atoms with Crippen LogP contribution in [0.3, 0.4) is 0 Å². The van der Waals surface area contributed by atoms with Crippen molar-refractivity contribution in [3.63, 3.8) is 0 Å². The first-order valence-electron chi connectivity index (χ1n) is 6.12. The van der Waals surface area contributed by atoms with Gasteiger partial charge in [0.25, 0.3) is 5.91 Å². The van der Waals surface area contributed by atoms with Crippen LogP contribution in [-0.4, -0.2) is 5.91 Å². The molecule has 0 aliphatic rings. The molecule has 0 saturated carbocycles. The van der Waals surface area contributed by atoms with Gasteiger partial charge in [-0.1, -0.05) is 31.2 Å². The second-order valence-electron chi connectivity index (χ2n) is 4.30. The molecule has 94 valence electrons. The molecule has 1 amide bonds. The van der Waals surface area contributed by atoms with Crippen molar-refractivity contribution in [2.24, 2.45) is 0 Å². The summed E-state index contributed by atoms with van der Waals surface area (Å²) < 4.78 is 4.89. The summed E-state index contributed by atoms with van der Waals surface area (Å²) in [6.45, 7) is 4.10. The standard InChI is InChI=1S/C15H17NO2/c1-3-12-4-6-13(7-5-12)11(2)16-15(17)14-8-9-18-10-14/h4-11H,3H2,1-2H3,(H,16,17). The van der Waals surface area contributed by atoms with Crippen LogP contribution in [0.15, 0.2) is 47.3 Å². The highest BCUT2D eigenvalue weighted by Crippen LogP contribution is 2.14. The van der Waals surface area contributed by atoms with E-state index >= 15 is 0 Å². The van der Waals surface area contributed by atoms with Crippen molar-refractivity contribution in [2.75, 3.05) is 0 Å². The summed E-state index contributed by atoms with van der Waals surface area (Å²) >= 11 is 0. The van der Waals surface area contributed by atoms with Crippen LogP contribution in [0, 0.1) is 0 Å². The predicted octanol–water partition coefficient (Wildman–Crippen LogP) is 3.33. The van der Waals surface area contributed by atoms with Gasteiger partial charge in [-0.2, -0.15) is 0 Å². The first-order valence-corrected chi connectivity index (χ1v) is 6.12. The number of hydrogen-bond donors (Lipinski definition) is 1. The molecule has 0 spiro atoms. The minimum Gasteiger partial charge on any atom is -0.472 e. The molecule has 1 heterocycles. The molecular formula is C15H17NO2. The number of hydrogen-bond acceptors (Lipinski definition) is 2. The van der Waals surface area contributed by atoms with E-state index in [0.29, 0.717) is 5.56 Å². The molecule has 3 heteroatoms. The SMILES string of the molecule is CCc1ccc(C(C)NC(=O)c2ccoc2)cc1. The Bertz CT molecular complexity index is 500. The Balaban J connectivity index is 2.02. The van der Waals surface area contributed by atoms with Crippen LogP contribution in [0.25, 0.3) is 0 Å². The Kier molecular flexibility index (Phi) is 3.82. The quantitative estimate of drug-likeness (QED) is 0.895. The molecule has 0 bridgehead atoms. The minimum absolute atomic E-state index is 0.0155. The maximum Gasteiger partial charge on any atom is 0.255 e. The van der Waals surface area contributed by atoms with Crippen molar-refractivity contribution in [1.29, 1.82) is 0 Å². The molecule has 1 unspecified atom stereocenters. The number of aryl methyl sites for hydroxylation is 1. The third-order valence-electron chi connectivity index (χ3n) is 3.02. The number of carbonyl (C=O) groups is 1. The maximum absolute atomic E-state index is 11.8. The largest absolute Gasteiger partial charge is 0.472 e. The number of nitrogens with one attached hydrogen (secondary N) is 1. The molecule has 2 aromatic rings. The van der Waals surface area contributed by atoms with Crippen LogP contribution < -0.4 is 5.32 Å². The Morgan fingerprint density at radius 3 is 2.56 bits per heavy atom. The normalized spacial score (nSPS) is 12.1. The van der Waals surface area contributed by atoms with Crippen LogP contribution in [-0.2, 0) is 6.42 Å². The monoisotopic (exact) mass is 243 g/mol. The van der Waals surface area contributed by atoms with Gasteiger partial charge in [0.2, 0.25) is 0 Å². The van der Waals surface area contributed by atoms with Gasteiger partial charge in [-0.25, -0.2) is 0 Å². The highest BCUT2D eigenvalue weighted by Gasteiger charge is 2.11. The third-order valence-corrected chi connectivity index (χ3v) is 3.02. The fourth-order valence-corrected chi connectivity index (χ4v) is 1.80. The summed E-state index contributed by atoms with van der Waals surface area (Å²) in [6.07, 6.45) is 3.97. The summed E-state index contributed by atoms with van der Waals surface area (Å²) in [5.41, 5.74) is 2.95. The molecule has 1 aromatic carbocycles. The molecule has 0 aliphatic carbocycles. The van der Waals surface area contributed by atoms with Crippen molar-refractivity contribution < 1.29 is 9.21 Å². The lowest BCUT2D eigenvalue weighted by Crippen LogP contribution is -2.26. The molecular weight excluding hydrogens is 226 g/mol. The van der Waals surface area contributed by atoms with Gasteiger partial charge in [0, 0.05) is 0 Å². The minimum atomic E-state index is -0.115. The lowest BCUT2D eigenvalue weighted by atomic mass is 10.0. The summed E-state index contributed by atoms with van der Waals surface area (Å²) in [6, 6.07) is 9.94. The van der Waals surface area contributed by atoms with Crippen molar-refractivity contribution in [3.8, 4) is 0 Å². The summed E-state index contributed by atoms with van der Waals surface area (Å²) in [7, 11) is 0. The van der Waals surface area contributed by atoms with E-state index in [2.05, 4.69) is 36.5 Å². The van der Waals surface area contributed by atoms with Gasteiger partial charge in [-0.15, -0.1) is 0 Å².